The van der Waals surface area contributed by atoms with Crippen LogP contribution in [0.3, 0.4) is 0 Å². The van der Waals surface area contributed by atoms with Crippen LogP contribution in [-0.2, 0) is 30.8 Å². The Bertz CT molecular complexity index is 2300. The normalized spacial score (nSPS) is 17.2. The summed E-state index contributed by atoms with van der Waals surface area (Å²) in [4.78, 5) is 84.8. The molecule has 0 aliphatic carbocycles. The quantitative estimate of drug-likeness (QED) is 0.0710. The van der Waals surface area contributed by atoms with Gasteiger partial charge >= 0.3 is 0 Å². The van der Waals surface area contributed by atoms with Gasteiger partial charge in [-0.1, -0.05) is 62.8 Å². The molecule has 3 aliphatic rings. The van der Waals surface area contributed by atoms with Gasteiger partial charge < -0.3 is 21.7 Å². The molecule has 6 N–H and O–H groups in total. The van der Waals surface area contributed by atoms with E-state index in [9.17, 15) is 37.2 Å². The Labute approximate surface area is 369 Å². The fourth-order valence-corrected chi connectivity index (χ4v) is 9.88. The zero-order valence-corrected chi connectivity index (χ0v) is 37.2. The minimum Gasteiger partial charge on any atom is -0.366 e. The number of aryl methyl sites for hydroxylation is 2. The predicted octanol–water partition coefficient (Wildman–Crippen LogP) is 4.87. The number of benzene rings is 2. The van der Waals surface area contributed by atoms with Crippen molar-refractivity contribution < 1.29 is 37.2 Å². The maximum atomic E-state index is 13.3. The maximum Gasteiger partial charge on any atom is 0.262 e. The summed E-state index contributed by atoms with van der Waals surface area (Å²) in [5.41, 5.74) is 8.68. The topological polar surface area (TPSA) is 243 Å². The zero-order chi connectivity index (χ0) is 44.4. The van der Waals surface area contributed by atoms with E-state index in [-0.39, 0.29) is 37.1 Å². The van der Waals surface area contributed by atoms with Gasteiger partial charge in [0.1, 0.15) is 11.9 Å². The van der Waals surface area contributed by atoms with Crippen LogP contribution in [0.1, 0.15) is 126 Å². The van der Waals surface area contributed by atoms with Crippen LogP contribution in [0.4, 0.5) is 17.5 Å². The molecule has 0 radical (unpaired) electrons. The molecule has 6 amide bonds. The van der Waals surface area contributed by atoms with E-state index in [1.807, 2.05) is 12.1 Å². The van der Waals surface area contributed by atoms with Gasteiger partial charge in [-0.15, -0.1) is 0 Å². The van der Waals surface area contributed by atoms with Crippen molar-refractivity contribution >= 4 is 78.8 Å². The molecule has 0 bridgehead atoms. The number of nitrogens with zero attached hydrogens (tertiary/aromatic N) is 4. The molecule has 6 rings (SSSR count). The number of anilines is 3. The minimum absolute atomic E-state index is 0.0502. The number of amides is 6. The number of carbonyl (C=O) groups excluding carboxylic acids is 6. The van der Waals surface area contributed by atoms with Crippen molar-refractivity contribution in [1.29, 1.82) is 0 Å². The van der Waals surface area contributed by atoms with Gasteiger partial charge in [0.25, 0.3) is 17.7 Å². The number of hydrogen-bond acceptors (Lipinski definition) is 12. The molecule has 0 saturated carbocycles. The molecular formula is C43H54BrN9O8S. The summed E-state index contributed by atoms with van der Waals surface area (Å²) in [6.07, 6.45) is 11.4. The molecule has 0 spiro atoms. The first-order valence-electron chi connectivity index (χ1n) is 21.3. The highest BCUT2D eigenvalue weighted by Gasteiger charge is 2.45. The molecule has 17 nitrogen and oxygen atoms in total. The van der Waals surface area contributed by atoms with Crippen LogP contribution in [0.2, 0.25) is 0 Å². The number of halogens is 1. The molecule has 2 aromatic carbocycles. The van der Waals surface area contributed by atoms with Crippen LogP contribution < -0.4 is 27.0 Å². The number of nitrogens with two attached hydrogens (primary N) is 1. The van der Waals surface area contributed by atoms with E-state index in [1.54, 1.807) is 37.4 Å². The third kappa shape index (κ3) is 11.6. The first-order chi connectivity index (χ1) is 29.7. The van der Waals surface area contributed by atoms with Gasteiger partial charge in [0.2, 0.25) is 33.7 Å². The molecule has 332 valence electrons. The summed E-state index contributed by atoms with van der Waals surface area (Å²) in [5.74, 6) is -2.08. The highest BCUT2D eigenvalue weighted by molar-refractivity contribution is 9.10. The van der Waals surface area contributed by atoms with E-state index in [0.29, 0.717) is 77.4 Å². The van der Waals surface area contributed by atoms with E-state index in [4.69, 9.17) is 5.73 Å². The molecule has 19 heteroatoms. The van der Waals surface area contributed by atoms with Gasteiger partial charge in [-0.25, -0.2) is 17.7 Å². The van der Waals surface area contributed by atoms with Crippen molar-refractivity contribution in [3.8, 4) is 0 Å². The Kier molecular flexibility index (Phi) is 15.8. The Morgan fingerprint density at radius 1 is 0.919 bits per heavy atom. The fraction of sp³-hybridized carbons (Fsp3) is 0.488. The van der Waals surface area contributed by atoms with E-state index in [1.165, 1.54) is 4.31 Å². The molecule has 1 unspecified atom stereocenters. The highest BCUT2D eigenvalue weighted by Crippen LogP contribution is 2.32. The Hall–Kier alpha value is -5.27. The highest BCUT2D eigenvalue weighted by atomic mass is 79.9. The minimum atomic E-state index is -3.56. The number of imide groups is 2. The second kappa shape index (κ2) is 21.2. The number of primary amides is 1. The first-order valence-corrected chi connectivity index (χ1v) is 23.7. The number of nitrogens with one attached hydrogen (secondary N) is 4. The van der Waals surface area contributed by atoms with Crippen molar-refractivity contribution in [2.45, 2.75) is 109 Å². The Balaban J connectivity index is 0.811. The van der Waals surface area contributed by atoms with Crippen LogP contribution in [0.25, 0.3) is 0 Å². The van der Waals surface area contributed by atoms with Crippen LogP contribution in [0.15, 0.2) is 47.1 Å². The van der Waals surface area contributed by atoms with Crippen LogP contribution in [-0.4, -0.2) is 101 Å². The lowest BCUT2D eigenvalue weighted by Crippen LogP contribution is -2.54. The van der Waals surface area contributed by atoms with E-state index < -0.39 is 45.6 Å². The van der Waals surface area contributed by atoms with Crippen LogP contribution >= 0.6 is 15.9 Å². The maximum absolute atomic E-state index is 13.3. The largest absolute Gasteiger partial charge is 0.366 e. The molecule has 2 fully saturated rings. The van der Waals surface area contributed by atoms with Gasteiger partial charge in [-0.2, -0.15) is 4.98 Å². The fourth-order valence-electron chi connectivity index (χ4n) is 8.20. The monoisotopic (exact) mass is 935 g/mol. The summed E-state index contributed by atoms with van der Waals surface area (Å²) in [5, 5.41) is 11.4. The van der Waals surface area contributed by atoms with Crippen molar-refractivity contribution in [3.63, 3.8) is 0 Å². The van der Waals surface area contributed by atoms with E-state index >= 15 is 0 Å². The summed E-state index contributed by atoms with van der Waals surface area (Å²) < 4.78 is 28.2. The molecule has 3 aromatic rings. The van der Waals surface area contributed by atoms with E-state index in [0.717, 1.165) is 67.4 Å². The molecule has 62 heavy (non-hydrogen) atoms. The molecular weight excluding hydrogens is 882 g/mol. The summed E-state index contributed by atoms with van der Waals surface area (Å²) in [7, 11) is -3.56. The van der Waals surface area contributed by atoms with Crippen molar-refractivity contribution in [3.05, 3.63) is 74.9 Å². The van der Waals surface area contributed by atoms with Gasteiger partial charge in [0.05, 0.1) is 32.6 Å². The van der Waals surface area contributed by atoms with Gasteiger partial charge in [0, 0.05) is 44.7 Å². The summed E-state index contributed by atoms with van der Waals surface area (Å²) in [6.45, 7) is 2.50. The number of piperidine rings is 2. The number of carbonyl (C=O) groups is 6. The average Bonchev–Trinajstić information content (AvgIpc) is 3.48. The molecule has 2 saturated heterocycles. The lowest BCUT2D eigenvalue weighted by atomic mass is 9.97. The molecule has 4 heterocycles. The smallest absolute Gasteiger partial charge is 0.262 e. The molecule has 1 aromatic heterocycles. The Morgan fingerprint density at radius 3 is 2.32 bits per heavy atom. The van der Waals surface area contributed by atoms with Crippen molar-refractivity contribution in [2.24, 2.45) is 5.73 Å². The van der Waals surface area contributed by atoms with Crippen molar-refractivity contribution in [1.82, 2.24) is 29.8 Å². The predicted molar refractivity (Wildman–Crippen MR) is 236 cm³/mol. The second-order valence-electron chi connectivity index (χ2n) is 16.0. The number of unbranched alkanes of at least 4 members (excludes halogenated alkanes) is 7. The lowest BCUT2D eigenvalue weighted by molar-refractivity contribution is -0.136. The number of hydrogen-bond donors (Lipinski definition) is 5. The van der Waals surface area contributed by atoms with Crippen molar-refractivity contribution in [2.75, 3.05) is 36.0 Å². The molecule has 3 aliphatic heterocycles. The number of sulfonamides is 1. The van der Waals surface area contributed by atoms with Gasteiger partial charge in [0.15, 0.2) is 0 Å². The number of fused-ring (bicyclic) bond motifs is 1. The first kappa shape index (κ1) is 46.2. The average molecular weight is 937 g/mol. The van der Waals surface area contributed by atoms with Crippen LogP contribution in [0, 0.1) is 6.92 Å². The summed E-state index contributed by atoms with van der Waals surface area (Å²) in [6, 6.07) is 9.54. The standard InChI is InChI=1S/C43H54BrN9O8S/c1-27-12-10-16-32(36(27)38(45)56)49-39-31(44)26-47-43(51-39)48-29-20-23-52(24-21-29)62(60,61)25-22-46-34(54)17-9-7-5-3-2-4-6-8-13-28-14-11-15-30-37(28)42(59)53(41(30)58)33-18-19-35(55)50-40(33)57/h10-12,14-16,26,29,33H,2-9,13,17-25H2,1H3,(H2,45,56)(H,46,54)(H,50,55,57)(H2,47,48,49,51). The van der Waals surface area contributed by atoms with Gasteiger partial charge in [-0.05, 0) is 84.6 Å². The summed E-state index contributed by atoms with van der Waals surface area (Å²) >= 11 is 3.45. The zero-order valence-electron chi connectivity index (χ0n) is 34.8. The molecule has 1 atom stereocenters. The lowest BCUT2D eigenvalue weighted by Gasteiger charge is -2.31. The SMILES string of the molecule is Cc1cccc(Nc2nc(NC3CCN(S(=O)(=O)CCNC(=O)CCCCCCCCCCc4cccc5c4C(=O)N(C4CCC(=O)NC4=O)C5=O)CC3)ncc2Br)c1C(N)=O. The number of rotatable bonds is 21. The van der Waals surface area contributed by atoms with Gasteiger partial charge in [-0.3, -0.25) is 39.0 Å². The van der Waals surface area contributed by atoms with Crippen LogP contribution in [0.5, 0.6) is 0 Å². The number of aromatic nitrogens is 2. The second-order valence-corrected chi connectivity index (χ2v) is 18.9. The third-order valence-electron chi connectivity index (χ3n) is 11.5. The van der Waals surface area contributed by atoms with E-state index in [2.05, 4.69) is 47.2 Å². The third-order valence-corrected chi connectivity index (χ3v) is 14.0. The Morgan fingerprint density at radius 2 is 1.61 bits per heavy atom.